The van der Waals surface area contributed by atoms with Gasteiger partial charge in [0.15, 0.2) is 0 Å². The number of carbonyl (C=O) groups is 2. The van der Waals surface area contributed by atoms with Gasteiger partial charge in [-0.2, -0.15) is 5.10 Å². The Kier molecular flexibility index (Phi) is 3.46. The zero-order chi connectivity index (χ0) is 13.8. The first-order valence-corrected chi connectivity index (χ1v) is 5.52. The highest BCUT2D eigenvalue weighted by atomic mass is 16.2. The summed E-state index contributed by atoms with van der Waals surface area (Å²) in [5.41, 5.74) is 13.8. The number of benzene rings is 1. The van der Waals surface area contributed by atoms with Gasteiger partial charge in [-0.05, 0) is 6.07 Å². The molecule has 0 saturated heterocycles. The van der Waals surface area contributed by atoms with Crippen LogP contribution in [0.5, 0.6) is 0 Å². The lowest BCUT2D eigenvalue weighted by atomic mass is 10.2. The lowest BCUT2D eigenvalue weighted by Gasteiger charge is -2.00. The summed E-state index contributed by atoms with van der Waals surface area (Å²) >= 11 is 0. The fourth-order valence-electron chi connectivity index (χ4n) is 1.84. The van der Waals surface area contributed by atoms with Crippen LogP contribution in [0.25, 0.3) is 10.9 Å². The number of nitrogens with two attached hydrogens (primary N) is 2. The first-order chi connectivity index (χ1) is 9.08. The van der Waals surface area contributed by atoms with Gasteiger partial charge in [-0.1, -0.05) is 18.2 Å². The molecule has 98 valence electrons. The number of urea groups is 1. The summed E-state index contributed by atoms with van der Waals surface area (Å²) in [7, 11) is 0. The largest absolute Gasteiger partial charge is 0.368 e. The first kappa shape index (κ1) is 12.6. The summed E-state index contributed by atoms with van der Waals surface area (Å²) in [6.07, 6.45) is 3.20. The third-order valence-electron chi connectivity index (χ3n) is 2.52. The Bertz CT molecular complexity index is 659. The number of hydrogen-bond acceptors (Lipinski definition) is 3. The van der Waals surface area contributed by atoms with Gasteiger partial charge >= 0.3 is 6.03 Å². The second-order valence-electron chi connectivity index (χ2n) is 3.93. The average Bonchev–Trinajstić information content (AvgIpc) is 2.67. The number of fused-ring (bicyclic) bond motifs is 1. The van der Waals surface area contributed by atoms with Gasteiger partial charge < -0.3 is 16.0 Å². The molecule has 0 aliphatic heterocycles. The normalized spacial score (nSPS) is 10.9. The molecule has 7 heteroatoms. The molecule has 0 radical (unpaired) electrons. The molecule has 0 saturated carbocycles. The molecule has 5 N–H and O–H groups in total. The molecular formula is C12H13N5O2. The highest BCUT2D eigenvalue weighted by Crippen LogP contribution is 2.19. The topological polar surface area (TPSA) is 116 Å². The van der Waals surface area contributed by atoms with E-state index in [1.54, 1.807) is 10.8 Å². The number of para-hydroxylation sites is 1. The molecular weight excluding hydrogens is 246 g/mol. The van der Waals surface area contributed by atoms with Crippen LogP contribution in [-0.4, -0.2) is 22.7 Å². The predicted octanol–water partition coefficient (Wildman–Crippen LogP) is 0.129. The molecule has 0 aliphatic carbocycles. The van der Waals surface area contributed by atoms with Gasteiger partial charge in [0.05, 0.1) is 6.21 Å². The standard InChI is InChI=1S/C12H13N5O2/c13-11(18)7-17-6-8(5-15-16-12(14)19)9-3-1-2-4-10(9)17/h1-6H,7H2,(H2,13,18)(H3,14,16,19). The molecule has 0 unspecified atom stereocenters. The van der Waals surface area contributed by atoms with Crippen molar-refractivity contribution in [2.24, 2.45) is 16.6 Å². The number of carbonyl (C=O) groups excluding carboxylic acids is 2. The number of hydrogen-bond donors (Lipinski definition) is 3. The number of hydrazone groups is 1. The van der Waals surface area contributed by atoms with Crippen molar-refractivity contribution in [2.75, 3.05) is 0 Å². The average molecular weight is 259 g/mol. The van der Waals surface area contributed by atoms with E-state index in [4.69, 9.17) is 11.5 Å². The van der Waals surface area contributed by atoms with Gasteiger partial charge in [-0.25, -0.2) is 10.2 Å². The van der Waals surface area contributed by atoms with Crippen molar-refractivity contribution in [3.8, 4) is 0 Å². The third kappa shape index (κ3) is 2.89. The van der Waals surface area contributed by atoms with Gasteiger partial charge in [-0.3, -0.25) is 4.79 Å². The molecule has 3 amide bonds. The lowest BCUT2D eigenvalue weighted by Crippen LogP contribution is -2.24. The van der Waals surface area contributed by atoms with Crippen molar-refractivity contribution in [3.05, 3.63) is 36.0 Å². The van der Waals surface area contributed by atoms with Crippen LogP contribution < -0.4 is 16.9 Å². The summed E-state index contributed by atoms with van der Waals surface area (Å²) in [6.45, 7) is 0.0810. The van der Waals surface area contributed by atoms with Crippen LogP contribution in [0.4, 0.5) is 4.79 Å². The molecule has 0 aliphatic rings. The molecule has 0 atom stereocenters. The molecule has 1 heterocycles. The van der Waals surface area contributed by atoms with Crippen LogP contribution in [0.1, 0.15) is 5.56 Å². The van der Waals surface area contributed by atoms with Crippen LogP contribution >= 0.6 is 0 Å². The van der Waals surface area contributed by atoms with Gasteiger partial charge in [0.2, 0.25) is 5.91 Å². The van der Waals surface area contributed by atoms with Crippen molar-refractivity contribution in [3.63, 3.8) is 0 Å². The predicted molar refractivity (Wildman–Crippen MR) is 71.4 cm³/mol. The molecule has 19 heavy (non-hydrogen) atoms. The van der Waals surface area contributed by atoms with Crippen LogP contribution in [0.3, 0.4) is 0 Å². The highest BCUT2D eigenvalue weighted by molar-refractivity contribution is 6.00. The molecule has 7 nitrogen and oxygen atoms in total. The van der Waals surface area contributed by atoms with Crippen molar-refractivity contribution >= 4 is 29.1 Å². The molecule has 2 rings (SSSR count). The number of rotatable bonds is 4. The van der Waals surface area contributed by atoms with Crippen LogP contribution in [0, 0.1) is 0 Å². The van der Waals surface area contributed by atoms with E-state index < -0.39 is 11.9 Å². The number of nitrogens with zero attached hydrogens (tertiary/aromatic N) is 2. The van der Waals surface area contributed by atoms with E-state index in [-0.39, 0.29) is 6.54 Å². The minimum Gasteiger partial charge on any atom is -0.368 e. The summed E-state index contributed by atoms with van der Waals surface area (Å²) in [5.74, 6) is -0.431. The monoisotopic (exact) mass is 259 g/mol. The van der Waals surface area contributed by atoms with E-state index in [0.29, 0.717) is 0 Å². The second kappa shape index (κ2) is 5.21. The van der Waals surface area contributed by atoms with E-state index in [0.717, 1.165) is 16.5 Å². The summed E-state index contributed by atoms with van der Waals surface area (Å²) < 4.78 is 1.73. The lowest BCUT2D eigenvalue weighted by molar-refractivity contribution is -0.118. The fourth-order valence-corrected chi connectivity index (χ4v) is 1.84. The second-order valence-corrected chi connectivity index (χ2v) is 3.93. The van der Waals surface area contributed by atoms with Crippen molar-refractivity contribution in [1.29, 1.82) is 0 Å². The maximum absolute atomic E-state index is 11.0. The quantitative estimate of drug-likeness (QED) is 0.535. The Morgan fingerprint density at radius 3 is 2.74 bits per heavy atom. The fraction of sp³-hybridized carbons (Fsp3) is 0.0833. The Balaban J connectivity index is 2.41. The molecule has 1 aromatic carbocycles. The smallest absolute Gasteiger partial charge is 0.332 e. The van der Waals surface area contributed by atoms with E-state index >= 15 is 0 Å². The Morgan fingerprint density at radius 1 is 1.32 bits per heavy atom. The molecule has 0 bridgehead atoms. The van der Waals surface area contributed by atoms with Crippen LogP contribution in [-0.2, 0) is 11.3 Å². The van der Waals surface area contributed by atoms with E-state index in [9.17, 15) is 9.59 Å². The van der Waals surface area contributed by atoms with Gasteiger partial charge in [0.25, 0.3) is 0 Å². The molecule has 0 spiro atoms. The molecule has 0 fully saturated rings. The van der Waals surface area contributed by atoms with E-state index in [1.165, 1.54) is 6.21 Å². The zero-order valence-corrected chi connectivity index (χ0v) is 10.0. The maximum atomic E-state index is 11.0. The number of aromatic nitrogens is 1. The number of amides is 3. The number of nitrogens with one attached hydrogen (secondary N) is 1. The summed E-state index contributed by atoms with van der Waals surface area (Å²) in [4.78, 5) is 21.6. The maximum Gasteiger partial charge on any atom is 0.332 e. The van der Waals surface area contributed by atoms with Gasteiger partial charge in [0.1, 0.15) is 6.54 Å². The van der Waals surface area contributed by atoms with Crippen molar-refractivity contribution in [1.82, 2.24) is 9.99 Å². The zero-order valence-electron chi connectivity index (χ0n) is 10.0. The van der Waals surface area contributed by atoms with Crippen LogP contribution in [0.15, 0.2) is 35.6 Å². The first-order valence-electron chi connectivity index (χ1n) is 5.52. The molecule has 1 aromatic heterocycles. The van der Waals surface area contributed by atoms with Crippen LogP contribution in [0.2, 0.25) is 0 Å². The van der Waals surface area contributed by atoms with Gasteiger partial charge in [-0.15, -0.1) is 0 Å². The minimum absolute atomic E-state index is 0.0810. The highest BCUT2D eigenvalue weighted by Gasteiger charge is 2.07. The summed E-state index contributed by atoms with van der Waals surface area (Å²) in [5, 5.41) is 4.61. The Labute approximate surface area is 108 Å². The van der Waals surface area contributed by atoms with Crippen molar-refractivity contribution < 1.29 is 9.59 Å². The third-order valence-corrected chi connectivity index (χ3v) is 2.52. The Morgan fingerprint density at radius 2 is 2.05 bits per heavy atom. The van der Waals surface area contributed by atoms with E-state index in [2.05, 4.69) is 10.5 Å². The Hall–Kier alpha value is -2.83. The molecule has 2 aromatic rings. The van der Waals surface area contributed by atoms with Gasteiger partial charge in [0, 0.05) is 22.7 Å². The summed E-state index contributed by atoms with van der Waals surface area (Å²) in [6, 6.07) is 6.76. The van der Waals surface area contributed by atoms with Crippen molar-refractivity contribution in [2.45, 2.75) is 6.54 Å². The SMILES string of the molecule is NC(=O)Cn1cc(C=NNC(N)=O)c2ccccc21. The number of primary amides is 2. The minimum atomic E-state index is -0.739. The van der Waals surface area contributed by atoms with E-state index in [1.807, 2.05) is 24.3 Å².